The zero-order chi connectivity index (χ0) is 16.8. The molecule has 0 atom stereocenters. The molecular formula is C18H19FN2O2. The third-order valence-corrected chi connectivity index (χ3v) is 3.48. The van der Waals surface area contributed by atoms with Crippen LogP contribution in [-0.4, -0.2) is 30.3 Å². The highest BCUT2D eigenvalue weighted by Crippen LogP contribution is 2.16. The highest BCUT2D eigenvalue weighted by molar-refractivity contribution is 5.97. The number of amides is 2. The van der Waals surface area contributed by atoms with E-state index in [4.69, 9.17) is 0 Å². The minimum absolute atomic E-state index is 0.123. The predicted molar refractivity (Wildman–Crippen MR) is 87.3 cm³/mol. The second-order valence-corrected chi connectivity index (χ2v) is 5.32. The normalized spacial score (nSPS) is 10.2. The van der Waals surface area contributed by atoms with Crippen LogP contribution >= 0.6 is 0 Å². The van der Waals surface area contributed by atoms with E-state index in [1.54, 1.807) is 18.0 Å². The summed E-state index contributed by atoms with van der Waals surface area (Å²) < 4.78 is 13.3. The van der Waals surface area contributed by atoms with Crippen molar-refractivity contribution in [3.05, 3.63) is 66.0 Å². The molecule has 0 aliphatic carbocycles. The SMILES string of the molecule is CC(=O)N(CC(=O)N(C)Cc1ccccc1)c1cccc(F)c1. The summed E-state index contributed by atoms with van der Waals surface area (Å²) in [6, 6.07) is 15.2. The lowest BCUT2D eigenvalue weighted by Crippen LogP contribution is -2.40. The first-order valence-electron chi connectivity index (χ1n) is 7.29. The molecule has 120 valence electrons. The summed E-state index contributed by atoms with van der Waals surface area (Å²) in [6.45, 7) is 1.69. The third-order valence-electron chi connectivity index (χ3n) is 3.48. The van der Waals surface area contributed by atoms with E-state index in [-0.39, 0.29) is 18.4 Å². The molecule has 2 rings (SSSR count). The van der Waals surface area contributed by atoms with Crippen molar-refractivity contribution in [1.29, 1.82) is 0 Å². The Morgan fingerprint density at radius 3 is 2.35 bits per heavy atom. The molecule has 0 bridgehead atoms. The Bertz CT molecular complexity index is 688. The summed E-state index contributed by atoms with van der Waals surface area (Å²) >= 11 is 0. The predicted octanol–water partition coefficient (Wildman–Crippen LogP) is 2.84. The summed E-state index contributed by atoms with van der Waals surface area (Å²) in [5.74, 6) is -0.968. The minimum Gasteiger partial charge on any atom is -0.340 e. The van der Waals surface area contributed by atoms with Crippen molar-refractivity contribution < 1.29 is 14.0 Å². The quantitative estimate of drug-likeness (QED) is 0.851. The number of nitrogens with zero attached hydrogens (tertiary/aromatic N) is 2. The second-order valence-electron chi connectivity index (χ2n) is 5.32. The number of likely N-dealkylation sites (N-methyl/N-ethyl adjacent to an activating group) is 1. The van der Waals surface area contributed by atoms with Gasteiger partial charge in [-0.05, 0) is 23.8 Å². The van der Waals surface area contributed by atoms with Gasteiger partial charge in [-0.2, -0.15) is 0 Å². The summed E-state index contributed by atoms with van der Waals surface area (Å²) in [4.78, 5) is 27.0. The number of rotatable bonds is 5. The number of hydrogen-bond donors (Lipinski definition) is 0. The van der Waals surface area contributed by atoms with Gasteiger partial charge >= 0.3 is 0 Å². The zero-order valence-electron chi connectivity index (χ0n) is 13.2. The summed E-state index contributed by atoms with van der Waals surface area (Å²) in [6.07, 6.45) is 0. The van der Waals surface area contributed by atoms with Crippen molar-refractivity contribution in [2.24, 2.45) is 0 Å². The maximum absolute atomic E-state index is 13.3. The van der Waals surface area contributed by atoms with E-state index in [0.717, 1.165) is 5.56 Å². The topological polar surface area (TPSA) is 40.6 Å². The van der Waals surface area contributed by atoms with E-state index in [2.05, 4.69) is 0 Å². The third kappa shape index (κ3) is 4.64. The van der Waals surface area contributed by atoms with Gasteiger partial charge in [0.2, 0.25) is 11.8 Å². The van der Waals surface area contributed by atoms with Crippen molar-refractivity contribution in [3.63, 3.8) is 0 Å². The molecule has 2 amide bonds. The molecule has 4 nitrogen and oxygen atoms in total. The number of halogens is 1. The van der Waals surface area contributed by atoms with E-state index < -0.39 is 5.82 Å². The molecule has 0 radical (unpaired) electrons. The van der Waals surface area contributed by atoms with Crippen LogP contribution in [0.3, 0.4) is 0 Å². The smallest absolute Gasteiger partial charge is 0.242 e. The van der Waals surface area contributed by atoms with Crippen molar-refractivity contribution in [2.75, 3.05) is 18.5 Å². The van der Waals surface area contributed by atoms with Crippen LogP contribution in [0.2, 0.25) is 0 Å². The average Bonchev–Trinajstić information content (AvgIpc) is 2.53. The van der Waals surface area contributed by atoms with E-state index in [1.807, 2.05) is 30.3 Å². The molecule has 0 unspecified atom stereocenters. The average molecular weight is 314 g/mol. The maximum atomic E-state index is 13.3. The lowest BCUT2D eigenvalue weighted by molar-refractivity contribution is -0.130. The van der Waals surface area contributed by atoms with Crippen molar-refractivity contribution >= 4 is 17.5 Å². The molecule has 2 aromatic carbocycles. The monoisotopic (exact) mass is 314 g/mol. The second kappa shape index (κ2) is 7.54. The van der Waals surface area contributed by atoms with Crippen LogP contribution < -0.4 is 4.90 Å². The number of carbonyl (C=O) groups excluding carboxylic acids is 2. The molecule has 0 spiro atoms. The van der Waals surface area contributed by atoms with Crippen LogP contribution in [0.5, 0.6) is 0 Å². The van der Waals surface area contributed by atoms with Gasteiger partial charge in [0.15, 0.2) is 0 Å². The first-order valence-corrected chi connectivity index (χ1v) is 7.29. The van der Waals surface area contributed by atoms with Gasteiger partial charge in [0, 0.05) is 26.2 Å². The van der Waals surface area contributed by atoms with Crippen LogP contribution in [0.25, 0.3) is 0 Å². The number of anilines is 1. The Morgan fingerprint density at radius 2 is 1.74 bits per heavy atom. The van der Waals surface area contributed by atoms with Gasteiger partial charge in [0.05, 0.1) is 0 Å². The molecule has 2 aromatic rings. The molecule has 0 fully saturated rings. The molecule has 0 aliphatic heterocycles. The van der Waals surface area contributed by atoms with Gasteiger partial charge in [-0.25, -0.2) is 4.39 Å². The standard InChI is InChI=1S/C18H19FN2O2/c1-14(22)21(17-10-6-9-16(19)11-17)13-18(23)20(2)12-15-7-4-3-5-8-15/h3-11H,12-13H2,1-2H3. The van der Waals surface area contributed by atoms with E-state index in [1.165, 1.54) is 30.0 Å². The van der Waals surface area contributed by atoms with Gasteiger partial charge < -0.3 is 9.80 Å². The van der Waals surface area contributed by atoms with Crippen molar-refractivity contribution in [1.82, 2.24) is 4.90 Å². The van der Waals surface area contributed by atoms with Crippen LogP contribution in [0.15, 0.2) is 54.6 Å². The van der Waals surface area contributed by atoms with Crippen LogP contribution in [0, 0.1) is 5.82 Å². The fourth-order valence-electron chi connectivity index (χ4n) is 2.23. The Labute approximate surface area is 135 Å². The summed E-state index contributed by atoms with van der Waals surface area (Å²) in [5.41, 5.74) is 1.38. The molecule has 0 aliphatic rings. The van der Waals surface area contributed by atoms with Gasteiger partial charge in [-0.15, -0.1) is 0 Å². The minimum atomic E-state index is -0.446. The lowest BCUT2D eigenvalue weighted by atomic mass is 10.2. The number of hydrogen-bond acceptors (Lipinski definition) is 2. The van der Waals surface area contributed by atoms with E-state index in [0.29, 0.717) is 12.2 Å². The Kier molecular flexibility index (Phi) is 5.46. The van der Waals surface area contributed by atoms with Crippen LogP contribution in [0.1, 0.15) is 12.5 Å². The number of carbonyl (C=O) groups is 2. The molecule has 0 N–H and O–H groups in total. The zero-order valence-corrected chi connectivity index (χ0v) is 13.2. The molecule has 5 heteroatoms. The summed E-state index contributed by atoms with van der Waals surface area (Å²) in [5, 5.41) is 0. The van der Waals surface area contributed by atoms with Crippen molar-refractivity contribution in [3.8, 4) is 0 Å². The lowest BCUT2D eigenvalue weighted by Gasteiger charge is -2.24. The largest absolute Gasteiger partial charge is 0.340 e. The van der Waals surface area contributed by atoms with Gasteiger partial charge in [0.1, 0.15) is 12.4 Å². The number of benzene rings is 2. The maximum Gasteiger partial charge on any atom is 0.242 e. The van der Waals surface area contributed by atoms with Crippen molar-refractivity contribution in [2.45, 2.75) is 13.5 Å². The highest BCUT2D eigenvalue weighted by atomic mass is 19.1. The van der Waals surface area contributed by atoms with Crippen LogP contribution in [0.4, 0.5) is 10.1 Å². The van der Waals surface area contributed by atoms with Gasteiger partial charge in [-0.1, -0.05) is 36.4 Å². The van der Waals surface area contributed by atoms with E-state index in [9.17, 15) is 14.0 Å². The molecule has 0 saturated heterocycles. The molecule has 0 aromatic heterocycles. The molecule has 23 heavy (non-hydrogen) atoms. The van der Waals surface area contributed by atoms with Crippen LogP contribution in [-0.2, 0) is 16.1 Å². The first kappa shape index (κ1) is 16.7. The van der Waals surface area contributed by atoms with Gasteiger partial charge in [-0.3, -0.25) is 9.59 Å². The molecular weight excluding hydrogens is 295 g/mol. The first-order chi connectivity index (χ1) is 11.0. The van der Waals surface area contributed by atoms with E-state index >= 15 is 0 Å². The fourth-order valence-corrected chi connectivity index (χ4v) is 2.23. The highest BCUT2D eigenvalue weighted by Gasteiger charge is 2.19. The van der Waals surface area contributed by atoms with Gasteiger partial charge in [0.25, 0.3) is 0 Å². The Balaban J connectivity index is 2.07. The Morgan fingerprint density at radius 1 is 1.04 bits per heavy atom. The summed E-state index contributed by atoms with van der Waals surface area (Å²) in [7, 11) is 1.68. The molecule has 0 heterocycles. The fraction of sp³-hybridized carbons (Fsp3) is 0.222. The molecule has 0 saturated carbocycles. The Hall–Kier alpha value is -2.69.